The average Bonchev–Trinajstić information content (AvgIpc) is 2.83. The highest BCUT2D eigenvalue weighted by Crippen LogP contribution is 2.23. The number of carbonyl (C=O) groups is 1. The molecule has 5 heteroatoms. The summed E-state index contributed by atoms with van der Waals surface area (Å²) in [6.45, 7) is 2.62. The van der Waals surface area contributed by atoms with Crippen molar-refractivity contribution in [3.05, 3.63) is 50.1 Å². The van der Waals surface area contributed by atoms with E-state index in [1.165, 1.54) is 0 Å². The van der Waals surface area contributed by atoms with Crippen molar-refractivity contribution in [2.24, 2.45) is 0 Å². The fourth-order valence-corrected chi connectivity index (χ4v) is 3.23. The van der Waals surface area contributed by atoms with Gasteiger partial charge in [0.25, 0.3) is 5.91 Å². The lowest BCUT2D eigenvalue weighted by molar-refractivity contribution is 0.0786. The molecule has 1 heterocycles. The van der Waals surface area contributed by atoms with E-state index < -0.39 is 0 Å². The minimum atomic E-state index is 0.0247. The first-order valence-corrected chi connectivity index (χ1v) is 7.95. The van der Waals surface area contributed by atoms with Crippen LogP contribution in [0.15, 0.2) is 33.4 Å². The van der Waals surface area contributed by atoms with Crippen molar-refractivity contribution in [3.63, 3.8) is 0 Å². The minimum Gasteiger partial charge on any atom is -0.387 e. The van der Waals surface area contributed by atoms with Gasteiger partial charge >= 0.3 is 0 Å². The highest BCUT2D eigenvalue weighted by molar-refractivity contribution is 9.11. The number of hydrogen-bond acceptors (Lipinski definition) is 3. The van der Waals surface area contributed by atoms with Gasteiger partial charge < -0.3 is 10.2 Å². The third-order valence-corrected chi connectivity index (χ3v) is 4.62. The van der Waals surface area contributed by atoms with Crippen molar-refractivity contribution in [2.75, 3.05) is 19.4 Å². The van der Waals surface area contributed by atoms with E-state index in [-0.39, 0.29) is 5.91 Å². The summed E-state index contributed by atoms with van der Waals surface area (Å²) in [4.78, 5) is 14.3. The normalized spacial score (nSPS) is 10.4. The second-order valence-corrected chi connectivity index (χ2v) is 7.01. The van der Waals surface area contributed by atoms with E-state index in [9.17, 15) is 4.79 Å². The Morgan fingerprint density at radius 2 is 2.15 bits per heavy atom. The van der Waals surface area contributed by atoms with E-state index in [4.69, 9.17) is 0 Å². The van der Waals surface area contributed by atoms with Crippen LogP contribution in [0.4, 0.5) is 5.69 Å². The highest BCUT2D eigenvalue weighted by atomic mass is 79.9. The van der Waals surface area contributed by atoms with Gasteiger partial charge in [0.05, 0.1) is 9.35 Å². The molecule has 0 radical (unpaired) electrons. The van der Waals surface area contributed by atoms with Gasteiger partial charge in [-0.2, -0.15) is 0 Å². The third kappa shape index (κ3) is 3.41. The van der Waals surface area contributed by atoms with Gasteiger partial charge in [0.2, 0.25) is 0 Å². The first kappa shape index (κ1) is 15.1. The molecule has 0 aliphatic carbocycles. The molecule has 20 heavy (non-hydrogen) atoms. The van der Waals surface area contributed by atoms with Crippen LogP contribution in [0.1, 0.15) is 21.5 Å². The van der Waals surface area contributed by atoms with Crippen LogP contribution in [0, 0.1) is 6.92 Å². The summed E-state index contributed by atoms with van der Waals surface area (Å²) >= 11 is 5.07. The Morgan fingerprint density at radius 1 is 1.40 bits per heavy atom. The molecule has 0 aliphatic rings. The van der Waals surface area contributed by atoms with E-state index >= 15 is 0 Å². The number of benzene rings is 1. The number of thiophene rings is 1. The summed E-state index contributed by atoms with van der Waals surface area (Å²) in [6.07, 6.45) is 0. The maximum atomic E-state index is 12.5. The molecule has 0 spiro atoms. The molecular formula is C15H17BrN2OS. The van der Waals surface area contributed by atoms with Crippen molar-refractivity contribution in [2.45, 2.75) is 13.5 Å². The number of anilines is 1. The lowest BCUT2D eigenvalue weighted by atomic mass is 10.1. The number of hydrogen-bond donors (Lipinski definition) is 1. The molecular weight excluding hydrogens is 336 g/mol. The Balaban J connectivity index is 2.18. The highest BCUT2D eigenvalue weighted by Gasteiger charge is 2.16. The van der Waals surface area contributed by atoms with Crippen LogP contribution in [0.2, 0.25) is 0 Å². The van der Waals surface area contributed by atoms with Crippen LogP contribution in [0.3, 0.4) is 0 Å². The van der Waals surface area contributed by atoms with Crippen LogP contribution in [-0.2, 0) is 6.54 Å². The predicted molar refractivity (Wildman–Crippen MR) is 88.5 cm³/mol. The second-order valence-electron chi connectivity index (χ2n) is 4.72. The number of rotatable bonds is 4. The van der Waals surface area contributed by atoms with Gasteiger partial charge in [0, 0.05) is 26.3 Å². The van der Waals surface area contributed by atoms with E-state index in [0.29, 0.717) is 12.1 Å². The Labute approximate surface area is 131 Å². The van der Waals surface area contributed by atoms with Gasteiger partial charge in [0.15, 0.2) is 0 Å². The molecule has 1 N–H and O–H groups in total. The van der Waals surface area contributed by atoms with E-state index in [1.807, 2.05) is 45.3 Å². The van der Waals surface area contributed by atoms with Gasteiger partial charge in [-0.15, -0.1) is 11.3 Å². The van der Waals surface area contributed by atoms with Crippen molar-refractivity contribution >= 4 is 38.9 Å². The van der Waals surface area contributed by atoms with E-state index in [1.54, 1.807) is 16.2 Å². The molecule has 0 fully saturated rings. The molecule has 2 aromatic rings. The summed E-state index contributed by atoms with van der Waals surface area (Å²) in [5, 5.41) is 5.14. The fourth-order valence-electron chi connectivity index (χ4n) is 2.03. The van der Waals surface area contributed by atoms with Crippen molar-refractivity contribution in [3.8, 4) is 0 Å². The Bertz CT molecular complexity index is 624. The molecule has 0 unspecified atom stereocenters. The maximum absolute atomic E-state index is 12.5. The monoisotopic (exact) mass is 352 g/mol. The molecule has 2 rings (SSSR count). The van der Waals surface area contributed by atoms with Crippen LogP contribution in [0.5, 0.6) is 0 Å². The number of aryl methyl sites for hydroxylation is 1. The number of carbonyl (C=O) groups excluding carboxylic acids is 1. The molecule has 1 aromatic heterocycles. The zero-order valence-corrected chi connectivity index (χ0v) is 14.1. The topological polar surface area (TPSA) is 32.3 Å². The van der Waals surface area contributed by atoms with E-state index in [0.717, 1.165) is 20.6 Å². The number of nitrogens with one attached hydrogen (secondary N) is 1. The number of amides is 1. The lowest BCUT2D eigenvalue weighted by Crippen LogP contribution is -2.26. The minimum absolute atomic E-state index is 0.0247. The van der Waals surface area contributed by atoms with Crippen molar-refractivity contribution in [1.29, 1.82) is 0 Å². The smallest absolute Gasteiger partial charge is 0.255 e. The quantitative estimate of drug-likeness (QED) is 0.896. The summed E-state index contributed by atoms with van der Waals surface area (Å²) in [5.74, 6) is 0.0247. The largest absolute Gasteiger partial charge is 0.387 e. The first-order valence-electron chi connectivity index (χ1n) is 6.28. The SMILES string of the molecule is CNc1cc(C)ccc1C(=O)N(C)Cc1csc(Br)c1. The number of nitrogens with zero attached hydrogens (tertiary/aromatic N) is 1. The van der Waals surface area contributed by atoms with Crippen LogP contribution < -0.4 is 5.32 Å². The molecule has 0 saturated heterocycles. The first-order chi connectivity index (χ1) is 9.51. The van der Waals surface area contributed by atoms with Gasteiger partial charge in [0.1, 0.15) is 0 Å². The van der Waals surface area contributed by atoms with Gasteiger partial charge in [-0.25, -0.2) is 0 Å². The zero-order valence-electron chi connectivity index (χ0n) is 11.7. The maximum Gasteiger partial charge on any atom is 0.255 e. The Kier molecular flexibility index (Phi) is 4.83. The summed E-state index contributed by atoms with van der Waals surface area (Å²) in [5.41, 5.74) is 3.84. The Morgan fingerprint density at radius 3 is 2.75 bits per heavy atom. The second kappa shape index (κ2) is 6.41. The van der Waals surface area contributed by atoms with Crippen LogP contribution >= 0.6 is 27.3 Å². The molecule has 1 aromatic carbocycles. The summed E-state index contributed by atoms with van der Waals surface area (Å²) < 4.78 is 1.08. The fraction of sp³-hybridized carbons (Fsp3) is 0.267. The molecule has 3 nitrogen and oxygen atoms in total. The summed E-state index contributed by atoms with van der Waals surface area (Å²) in [6, 6.07) is 7.87. The molecule has 1 amide bonds. The average molecular weight is 353 g/mol. The van der Waals surface area contributed by atoms with Gasteiger partial charge in [-0.05, 0) is 57.6 Å². The molecule has 0 saturated carbocycles. The molecule has 0 atom stereocenters. The van der Waals surface area contributed by atoms with E-state index in [2.05, 4.69) is 26.6 Å². The van der Waals surface area contributed by atoms with Gasteiger partial charge in [-0.1, -0.05) is 6.07 Å². The van der Waals surface area contributed by atoms with Crippen molar-refractivity contribution in [1.82, 2.24) is 4.90 Å². The predicted octanol–water partition coefficient (Wildman–Crippen LogP) is 4.13. The lowest BCUT2D eigenvalue weighted by Gasteiger charge is -2.18. The Hall–Kier alpha value is -1.33. The van der Waals surface area contributed by atoms with Crippen LogP contribution in [0.25, 0.3) is 0 Å². The third-order valence-electron chi connectivity index (χ3n) is 3.06. The standard InChI is InChI=1S/C15H17BrN2OS/c1-10-4-5-12(13(6-10)17-2)15(19)18(3)8-11-7-14(16)20-9-11/h4-7,9,17H,8H2,1-3H3. The molecule has 0 aliphatic heterocycles. The molecule has 0 bridgehead atoms. The summed E-state index contributed by atoms with van der Waals surface area (Å²) in [7, 11) is 3.66. The zero-order chi connectivity index (χ0) is 14.7. The number of halogens is 1. The van der Waals surface area contributed by atoms with Gasteiger partial charge in [-0.3, -0.25) is 4.79 Å². The van der Waals surface area contributed by atoms with Crippen molar-refractivity contribution < 1.29 is 4.79 Å². The van der Waals surface area contributed by atoms with Crippen LogP contribution in [-0.4, -0.2) is 24.9 Å². The molecule has 106 valence electrons.